The molecule has 16 heavy (non-hydrogen) atoms. The number of halogens is 1. The molecule has 1 aromatic carbocycles. The predicted octanol–water partition coefficient (Wildman–Crippen LogP) is 1.64. The Hall–Kier alpha value is -1.47. The van der Waals surface area contributed by atoms with E-state index in [9.17, 15) is 23.3 Å². The van der Waals surface area contributed by atoms with Crippen LogP contribution in [-0.4, -0.2) is 19.6 Å². The second kappa shape index (κ2) is 4.18. The van der Waals surface area contributed by atoms with Crippen molar-refractivity contribution in [2.45, 2.75) is 11.8 Å². The van der Waals surface area contributed by atoms with E-state index in [0.29, 0.717) is 0 Å². The van der Waals surface area contributed by atoms with Crippen molar-refractivity contribution in [3.05, 3.63) is 33.4 Å². The second-order valence-corrected chi connectivity index (χ2v) is 5.47. The molecule has 0 atom stereocenters. The Bertz CT molecular complexity index is 566. The smallest absolute Gasteiger partial charge is 0.284 e. The normalized spacial score (nSPS) is 11.1. The molecule has 0 aromatic heterocycles. The minimum Gasteiger partial charge on any atom is -0.298 e. The molecule has 0 aliphatic rings. The van der Waals surface area contributed by atoms with E-state index in [4.69, 9.17) is 10.7 Å². The van der Waals surface area contributed by atoms with Crippen molar-refractivity contribution in [3.63, 3.8) is 0 Å². The summed E-state index contributed by atoms with van der Waals surface area (Å²) in [6.07, 6.45) is 0.287. The molecule has 6 nitrogen and oxygen atoms in total. The number of nitrogens with zero attached hydrogens (tertiary/aromatic N) is 1. The van der Waals surface area contributed by atoms with Gasteiger partial charge in [0.15, 0.2) is 6.29 Å². The van der Waals surface area contributed by atoms with Crippen LogP contribution in [0.25, 0.3) is 0 Å². The van der Waals surface area contributed by atoms with Crippen LogP contribution in [0.1, 0.15) is 15.9 Å². The van der Waals surface area contributed by atoms with E-state index in [2.05, 4.69) is 0 Å². The molecule has 1 rings (SSSR count). The van der Waals surface area contributed by atoms with Gasteiger partial charge < -0.3 is 0 Å². The first-order valence-electron chi connectivity index (χ1n) is 3.97. The maximum Gasteiger partial charge on any atom is 0.284 e. The number of aldehydes is 1. The molecule has 0 radical (unpaired) electrons. The highest BCUT2D eigenvalue weighted by Crippen LogP contribution is 2.29. The molecule has 0 fully saturated rings. The largest absolute Gasteiger partial charge is 0.298 e. The van der Waals surface area contributed by atoms with Crippen molar-refractivity contribution in [3.8, 4) is 0 Å². The molecule has 0 aliphatic heterocycles. The van der Waals surface area contributed by atoms with E-state index >= 15 is 0 Å². The summed E-state index contributed by atoms with van der Waals surface area (Å²) in [6.45, 7) is 1.22. The van der Waals surface area contributed by atoms with Gasteiger partial charge in [0, 0.05) is 16.2 Å². The fourth-order valence-corrected chi connectivity index (χ4v) is 2.50. The van der Waals surface area contributed by atoms with Crippen LogP contribution in [-0.2, 0) is 9.05 Å². The third-order valence-corrected chi connectivity index (χ3v) is 3.45. The van der Waals surface area contributed by atoms with E-state index in [-0.39, 0.29) is 22.3 Å². The van der Waals surface area contributed by atoms with E-state index in [1.165, 1.54) is 6.92 Å². The van der Waals surface area contributed by atoms with Crippen LogP contribution in [0.5, 0.6) is 0 Å². The Morgan fingerprint density at radius 3 is 2.38 bits per heavy atom. The number of nitro benzene ring substituents is 1. The van der Waals surface area contributed by atoms with Crippen LogP contribution in [0.4, 0.5) is 5.69 Å². The van der Waals surface area contributed by atoms with Crippen LogP contribution < -0.4 is 0 Å². The van der Waals surface area contributed by atoms with Gasteiger partial charge in [-0.15, -0.1) is 0 Å². The summed E-state index contributed by atoms with van der Waals surface area (Å²) in [6, 6.07) is 2.11. The standard InChI is InChI=1S/C8H6ClNO5S/c1-5-7(16(9,14)15)3-2-6(4-11)8(5)10(12)13/h2-4H,1H3. The molecule has 0 saturated carbocycles. The third kappa shape index (κ3) is 2.20. The van der Waals surface area contributed by atoms with Gasteiger partial charge >= 0.3 is 0 Å². The van der Waals surface area contributed by atoms with Gasteiger partial charge in [-0.1, -0.05) is 0 Å². The lowest BCUT2D eigenvalue weighted by atomic mass is 10.1. The molecule has 0 N–H and O–H groups in total. The molecule has 0 heterocycles. The van der Waals surface area contributed by atoms with Gasteiger partial charge in [0.05, 0.1) is 15.4 Å². The Balaban J connectivity index is 3.70. The SMILES string of the molecule is Cc1c(S(=O)(=O)Cl)ccc(C=O)c1[N+](=O)[O-]. The highest BCUT2D eigenvalue weighted by Gasteiger charge is 2.24. The Kier molecular flexibility index (Phi) is 3.30. The number of benzene rings is 1. The molecule has 0 aliphatic carbocycles. The van der Waals surface area contributed by atoms with Crippen LogP contribution >= 0.6 is 10.7 Å². The van der Waals surface area contributed by atoms with Crippen molar-refractivity contribution in [1.29, 1.82) is 0 Å². The van der Waals surface area contributed by atoms with Crippen molar-refractivity contribution in [2.24, 2.45) is 0 Å². The average molecular weight is 264 g/mol. The first-order chi connectivity index (χ1) is 7.29. The minimum atomic E-state index is -4.06. The molecule has 0 amide bonds. The van der Waals surface area contributed by atoms with Gasteiger partial charge in [0.1, 0.15) is 0 Å². The molecule has 0 bridgehead atoms. The zero-order valence-electron chi connectivity index (χ0n) is 8.01. The van der Waals surface area contributed by atoms with Crippen LogP contribution in [0.2, 0.25) is 0 Å². The summed E-state index contributed by atoms with van der Waals surface area (Å²) in [5.41, 5.74) is -0.882. The van der Waals surface area contributed by atoms with Crippen molar-refractivity contribution >= 4 is 31.7 Å². The first kappa shape index (κ1) is 12.6. The van der Waals surface area contributed by atoms with Gasteiger partial charge in [-0.2, -0.15) is 0 Å². The van der Waals surface area contributed by atoms with E-state index < -0.39 is 19.7 Å². The number of hydrogen-bond donors (Lipinski definition) is 0. The summed E-state index contributed by atoms with van der Waals surface area (Å²) in [7, 11) is 1.03. The van der Waals surface area contributed by atoms with Crippen LogP contribution in [0, 0.1) is 17.0 Å². The maximum absolute atomic E-state index is 11.1. The summed E-state index contributed by atoms with van der Waals surface area (Å²) in [5, 5.41) is 10.7. The number of carbonyl (C=O) groups excluding carboxylic acids is 1. The highest BCUT2D eigenvalue weighted by molar-refractivity contribution is 8.13. The quantitative estimate of drug-likeness (QED) is 0.358. The Morgan fingerprint density at radius 1 is 1.44 bits per heavy atom. The monoisotopic (exact) mass is 263 g/mol. The molecule has 8 heteroatoms. The predicted molar refractivity (Wildman–Crippen MR) is 56.3 cm³/mol. The fourth-order valence-electron chi connectivity index (χ4n) is 1.30. The van der Waals surface area contributed by atoms with Crippen LogP contribution in [0.3, 0.4) is 0 Å². The number of hydrogen-bond acceptors (Lipinski definition) is 5. The minimum absolute atomic E-state index is 0.149. The van der Waals surface area contributed by atoms with Gasteiger partial charge in [0.2, 0.25) is 0 Å². The topological polar surface area (TPSA) is 94.3 Å². The second-order valence-electron chi connectivity index (χ2n) is 2.94. The molecular weight excluding hydrogens is 258 g/mol. The lowest BCUT2D eigenvalue weighted by molar-refractivity contribution is -0.385. The van der Waals surface area contributed by atoms with Crippen molar-refractivity contribution in [1.82, 2.24) is 0 Å². The molecule has 1 aromatic rings. The maximum atomic E-state index is 11.1. The molecular formula is C8H6ClNO5S. The third-order valence-electron chi connectivity index (χ3n) is 1.98. The van der Waals surface area contributed by atoms with E-state index in [1.54, 1.807) is 0 Å². The molecule has 0 spiro atoms. The van der Waals surface area contributed by atoms with Crippen molar-refractivity contribution < 1.29 is 18.1 Å². The summed E-state index contributed by atoms with van der Waals surface area (Å²) in [4.78, 5) is 20.1. The molecule has 0 unspecified atom stereocenters. The summed E-state index contributed by atoms with van der Waals surface area (Å²) < 4.78 is 22.2. The zero-order valence-corrected chi connectivity index (χ0v) is 9.58. The van der Waals surface area contributed by atoms with Crippen molar-refractivity contribution in [2.75, 3.05) is 0 Å². The van der Waals surface area contributed by atoms with Crippen LogP contribution in [0.15, 0.2) is 17.0 Å². The Labute approximate surface area is 95.4 Å². The Morgan fingerprint density at radius 2 is 2.00 bits per heavy atom. The number of rotatable bonds is 3. The lowest BCUT2D eigenvalue weighted by Gasteiger charge is -2.04. The fraction of sp³-hybridized carbons (Fsp3) is 0.125. The van der Waals surface area contributed by atoms with E-state index in [1.807, 2.05) is 0 Å². The summed E-state index contributed by atoms with van der Waals surface area (Å²) >= 11 is 0. The number of carbonyl (C=O) groups is 1. The van der Waals surface area contributed by atoms with Gasteiger partial charge in [-0.05, 0) is 19.1 Å². The summed E-state index contributed by atoms with van der Waals surface area (Å²) in [5.74, 6) is 0. The average Bonchev–Trinajstić information content (AvgIpc) is 2.14. The number of nitro groups is 1. The first-order valence-corrected chi connectivity index (χ1v) is 6.27. The lowest BCUT2D eigenvalue weighted by Crippen LogP contribution is -2.02. The van der Waals surface area contributed by atoms with Gasteiger partial charge in [-0.3, -0.25) is 14.9 Å². The highest BCUT2D eigenvalue weighted by atomic mass is 35.7. The van der Waals surface area contributed by atoms with Gasteiger partial charge in [-0.25, -0.2) is 8.42 Å². The zero-order chi connectivity index (χ0) is 12.5. The van der Waals surface area contributed by atoms with Gasteiger partial charge in [0.25, 0.3) is 14.7 Å². The van der Waals surface area contributed by atoms with E-state index in [0.717, 1.165) is 12.1 Å². The molecule has 0 saturated heterocycles. The molecule has 86 valence electrons.